The highest BCUT2D eigenvalue weighted by Crippen LogP contribution is 2.12. The standard InChI is InChI=1S/C19H26N2O3/c1-18(2,3)24-17(23)21-19(4,5)14-16(22)20-13-9-12-15-10-7-6-8-11-15/h6-8,10-11H,13-14H2,1-5H3,(H,20,22)(H,21,23). The largest absolute Gasteiger partial charge is 0.444 e. The lowest BCUT2D eigenvalue weighted by molar-refractivity contribution is -0.121. The zero-order valence-corrected chi connectivity index (χ0v) is 15.0. The molecule has 5 heteroatoms. The fourth-order valence-corrected chi connectivity index (χ4v) is 1.90. The van der Waals surface area contributed by atoms with E-state index in [1.54, 1.807) is 34.6 Å². The minimum absolute atomic E-state index is 0.138. The summed E-state index contributed by atoms with van der Waals surface area (Å²) in [6.45, 7) is 9.17. The molecule has 5 nitrogen and oxygen atoms in total. The van der Waals surface area contributed by atoms with Gasteiger partial charge in [-0.25, -0.2) is 4.79 Å². The molecule has 24 heavy (non-hydrogen) atoms. The van der Waals surface area contributed by atoms with E-state index < -0.39 is 17.2 Å². The van der Waals surface area contributed by atoms with E-state index in [0.717, 1.165) is 5.56 Å². The molecule has 0 saturated heterocycles. The number of amides is 2. The van der Waals surface area contributed by atoms with E-state index in [9.17, 15) is 9.59 Å². The van der Waals surface area contributed by atoms with Crippen molar-refractivity contribution in [2.45, 2.75) is 52.2 Å². The average Bonchev–Trinajstić information content (AvgIpc) is 2.41. The van der Waals surface area contributed by atoms with Crippen molar-refractivity contribution in [3.8, 4) is 11.8 Å². The molecule has 0 aliphatic rings. The van der Waals surface area contributed by atoms with Gasteiger partial charge in [-0.15, -0.1) is 0 Å². The van der Waals surface area contributed by atoms with Crippen LogP contribution in [0.2, 0.25) is 0 Å². The number of benzene rings is 1. The Labute approximate surface area is 144 Å². The Morgan fingerprint density at radius 2 is 1.71 bits per heavy atom. The van der Waals surface area contributed by atoms with E-state index in [2.05, 4.69) is 22.5 Å². The van der Waals surface area contributed by atoms with Crippen molar-refractivity contribution in [1.29, 1.82) is 0 Å². The van der Waals surface area contributed by atoms with Crippen LogP contribution >= 0.6 is 0 Å². The molecule has 0 aromatic heterocycles. The van der Waals surface area contributed by atoms with Crippen LogP contribution < -0.4 is 10.6 Å². The topological polar surface area (TPSA) is 67.4 Å². The number of alkyl carbamates (subject to hydrolysis) is 1. The van der Waals surface area contributed by atoms with Crippen molar-refractivity contribution in [3.63, 3.8) is 0 Å². The van der Waals surface area contributed by atoms with Crippen LogP contribution in [0.4, 0.5) is 4.79 Å². The average molecular weight is 330 g/mol. The number of carbonyl (C=O) groups is 2. The quantitative estimate of drug-likeness (QED) is 0.834. The summed E-state index contributed by atoms with van der Waals surface area (Å²) in [5, 5.41) is 5.43. The molecule has 2 amide bonds. The van der Waals surface area contributed by atoms with Gasteiger partial charge in [-0.3, -0.25) is 4.79 Å². The molecule has 0 heterocycles. The number of ether oxygens (including phenoxy) is 1. The Kier molecular flexibility index (Phi) is 6.84. The Bertz CT molecular complexity index is 619. The number of hydrogen-bond acceptors (Lipinski definition) is 3. The van der Waals surface area contributed by atoms with Crippen molar-refractivity contribution in [2.24, 2.45) is 0 Å². The smallest absolute Gasteiger partial charge is 0.408 e. The monoisotopic (exact) mass is 330 g/mol. The summed E-state index contributed by atoms with van der Waals surface area (Å²) in [5.74, 6) is 5.68. The van der Waals surface area contributed by atoms with Crippen molar-refractivity contribution in [3.05, 3.63) is 35.9 Å². The van der Waals surface area contributed by atoms with Gasteiger partial charge in [-0.1, -0.05) is 30.0 Å². The van der Waals surface area contributed by atoms with Crippen molar-refractivity contribution in [2.75, 3.05) is 6.54 Å². The maximum absolute atomic E-state index is 12.0. The molecular weight excluding hydrogens is 304 g/mol. The molecule has 0 spiro atoms. The van der Waals surface area contributed by atoms with Crippen molar-refractivity contribution < 1.29 is 14.3 Å². The van der Waals surface area contributed by atoms with Gasteiger partial charge in [0.25, 0.3) is 0 Å². The van der Waals surface area contributed by atoms with Gasteiger partial charge in [-0.2, -0.15) is 0 Å². The first-order valence-electron chi connectivity index (χ1n) is 7.89. The van der Waals surface area contributed by atoms with Crippen LogP contribution in [0.1, 0.15) is 46.6 Å². The van der Waals surface area contributed by atoms with Crippen molar-refractivity contribution >= 4 is 12.0 Å². The van der Waals surface area contributed by atoms with Gasteiger partial charge in [0.05, 0.1) is 6.54 Å². The Hall–Kier alpha value is -2.48. The lowest BCUT2D eigenvalue weighted by atomic mass is 10.0. The SMILES string of the molecule is CC(C)(CC(=O)NCC#Cc1ccccc1)NC(=O)OC(C)(C)C. The van der Waals surface area contributed by atoms with Crippen molar-refractivity contribution in [1.82, 2.24) is 10.6 Å². The zero-order chi connectivity index (χ0) is 18.2. The number of hydrogen-bond donors (Lipinski definition) is 2. The van der Waals surface area contributed by atoms with Crippen LogP contribution in [0.5, 0.6) is 0 Å². The molecule has 1 rings (SSSR count). The lowest BCUT2D eigenvalue weighted by Crippen LogP contribution is -2.48. The third-order valence-electron chi connectivity index (χ3n) is 2.82. The summed E-state index contributed by atoms with van der Waals surface area (Å²) in [7, 11) is 0. The first-order valence-corrected chi connectivity index (χ1v) is 7.89. The van der Waals surface area contributed by atoms with E-state index in [0.29, 0.717) is 0 Å². The number of carbonyl (C=O) groups excluding carboxylic acids is 2. The molecule has 0 unspecified atom stereocenters. The molecule has 2 N–H and O–H groups in total. The van der Waals surface area contributed by atoms with Gasteiger partial charge in [0.1, 0.15) is 5.60 Å². The third kappa shape index (κ3) is 8.84. The maximum atomic E-state index is 12.0. The second-order valence-electron chi connectivity index (χ2n) is 7.13. The Morgan fingerprint density at radius 1 is 1.08 bits per heavy atom. The Balaban J connectivity index is 2.40. The summed E-state index contributed by atoms with van der Waals surface area (Å²) in [6.07, 6.45) is -0.400. The predicted octanol–water partition coefficient (Wildman–Crippen LogP) is 2.85. The highest BCUT2D eigenvalue weighted by atomic mass is 16.6. The second-order valence-corrected chi connectivity index (χ2v) is 7.13. The number of nitrogens with one attached hydrogen (secondary N) is 2. The van der Waals surface area contributed by atoms with Gasteiger partial charge in [-0.05, 0) is 46.8 Å². The Morgan fingerprint density at radius 3 is 2.29 bits per heavy atom. The van der Waals surface area contributed by atoms with Gasteiger partial charge < -0.3 is 15.4 Å². The molecular formula is C19H26N2O3. The molecule has 0 aliphatic carbocycles. The maximum Gasteiger partial charge on any atom is 0.408 e. The van der Waals surface area contributed by atoms with E-state index in [4.69, 9.17) is 4.74 Å². The van der Waals surface area contributed by atoms with Gasteiger partial charge in [0, 0.05) is 17.5 Å². The van der Waals surface area contributed by atoms with E-state index in [1.807, 2.05) is 30.3 Å². The zero-order valence-electron chi connectivity index (χ0n) is 15.0. The second kappa shape index (κ2) is 8.39. The molecule has 1 aromatic rings. The summed E-state index contributed by atoms with van der Waals surface area (Å²) >= 11 is 0. The molecule has 130 valence electrons. The molecule has 0 aliphatic heterocycles. The molecule has 0 bridgehead atoms. The van der Waals surface area contributed by atoms with Gasteiger partial charge >= 0.3 is 6.09 Å². The first kappa shape index (κ1) is 19.6. The van der Waals surface area contributed by atoms with Crippen LogP contribution in [0.15, 0.2) is 30.3 Å². The minimum Gasteiger partial charge on any atom is -0.444 e. The molecule has 1 aromatic carbocycles. The molecule has 0 atom stereocenters. The lowest BCUT2D eigenvalue weighted by Gasteiger charge is -2.28. The van der Waals surface area contributed by atoms with Gasteiger partial charge in [0.2, 0.25) is 5.91 Å². The van der Waals surface area contributed by atoms with Crippen LogP contribution in [-0.4, -0.2) is 29.7 Å². The van der Waals surface area contributed by atoms with E-state index >= 15 is 0 Å². The molecule has 0 radical (unpaired) electrons. The van der Waals surface area contributed by atoms with Crippen LogP contribution in [-0.2, 0) is 9.53 Å². The minimum atomic E-state index is -0.709. The first-order chi connectivity index (χ1) is 11.1. The number of rotatable bonds is 4. The molecule has 0 fully saturated rings. The highest BCUT2D eigenvalue weighted by Gasteiger charge is 2.26. The molecule has 0 saturated carbocycles. The van der Waals surface area contributed by atoms with Crippen LogP contribution in [0.25, 0.3) is 0 Å². The summed E-state index contributed by atoms with van der Waals surface area (Å²) in [5.41, 5.74) is -0.381. The third-order valence-corrected chi connectivity index (χ3v) is 2.82. The summed E-state index contributed by atoms with van der Waals surface area (Å²) in [6, 6.07) is 9.55. The van der Waals surface area contributed by atoms with Crippen LogP contribution in [0, 0.1) is 11.8 Å². The normalized spacial score (nSPS) is 11.0. The predicted molar refractivity (Wildman–Crippen MR) is 94.4 cm³/mol. The summed E-state index contributed by atoms with van der Waals surface area (Å²) in [4.78, 5) is 23.8. The summed E-state index contributed by atoms with van der Waals surface area (Å²) < 4.78 is 5.20. The van der Waals surface area contributed by atoms with Crippen LogP contribution in [0.3, 0.4) is 0 Å². The highest BCUT2D eigenvalue weighted by molar-refractivity contribution is 5.78. The van der Waals surface area contributed by atoms with E-state index in [1.165, 1.54) is 0 Å². The fourth-order valence-electron chi connectivity index (χ4n) is 1.90. The fraction of sp³-hybridized carbons (Fsp3) is 0.474. The van der Waals surface area contributed by atoms with Gasteiger partial charge in [0.15, 0.2) is 0 Å². The van der Waals surface area contributed by atoms with E-state index in [-0.39, 0.29) is 18.9 Å².